The largest absolute Gasteiger partial charge is 0.269 e. The number of sulfonamides is 2. The molecule has 1 saturated heterocycles. The lowest BCUT2D eigenvalue weighted by Gasteiger charge is -2.32. The first-order valence-electron chi connectivity index (χ1n) is 9.46. The summed E-state index contributed by atoms with van der Waals surface area (Å²) >= 11 is 0. The van der Waals surface area contributed by atoms with Crippen molar-refractivity contribution in [2.45, 2.75) is 36.5 Å². The van der Waals surface area contributed by atoms with Gasteiger partial charge >= 0.3 is 0 Å². The second kappa shape index (κ2) is 8.30. The molecule has 0 spiro atoms. The normalized spacial score (nSPS) is 17.0. The molecule has 1 heterocycles. The predicted molar refractivity (Wildman–Crippen MR) is 113 cm³/mol. The van der Waals surface area contributed by atoms with Gasteiger partial charge in [-0.2, -0.15) is 4.31 Å². The molecule has 0 saturated carbocycles. The van der Waals surface area contributed by atoms with Gasteiger partial charge in [-0.3, -0.25) is 4.31 Å². The van der Waals surface area contributed by atoms with Crippen LogP contribution in [0.1, 0.15) is 24.0 Å². The molecule has 0 aromatic heterocycles. The Bertz CT molecular complexity index is 1090. The van der Waals surface area contributed by atoms with Crippen LogP contribution < -0.4 is 0 Å². The molecule has 156 valence electrons. The predicted octanol–water partition coefficient (Wildman–Crippen LogP) is 3.29. The molecule has 6 nitrogen and oxygen atoms in total. The number of rotatable bonds is 4. The fourth-order valence-corrected chi connectivity index (χ4v) is 6.24. The van der Waals surface area contributed by atoms with E-state index in [0.29, 0.717) is 25.1 Å². The molecule has 0 aliphatic carbocycles. The Morgan fingerprint density at radius 2 is 1.21 bits per heavy atom. The average molecular weight is 435 g/mol. The third kappa shape index (κ3) is 4.55. The smallest absolute Gasteiger partial charge is 0.264 e. The van der Waals surface area contributed by atoms with Gasteiger partial charge in [0, 0.05) is 25.3 Å². The summed E-state index contributed by atoms with van der Waals surface area (Å²) in [6.45, 7) is 8.15. The number of hydrogen-bond donors (Lipinski definition) is 0. The highest BCUT2D eigenvalue weighted by Crippen LogP contribution is 2.26. The minimum Gasteiger partial charge on any atom is -0.269 e. The van der Waals surface area contributed by atoms with Gasteiger partial charge in [0.15, 0.2) is 0 Å². The molecule has 8 heteroatoms. The van der Waals surface area contributed by atoms with Crippen LogP contribution in [-0.4, -0.2) is 45.1 Å². The van der Waals surface area contributed by atoms with E-state index in [1.54, 1.807) is 48.5 Å². The van der Waals surface area contributed by atoms with E-state index in [1.165, 1.54) is 8.61 Å². The zero-order chi connectivity index (χ0) is 21.2. The van der Waals surface area contributed by atoms with Crippen LogP contribution in [0.5, 0.6) is 0 Å². The van der Waals surface area contributed by atoms with Crippen LogP contribution >= 0.6 is 0 Å². The van der Waals surface area contributed by atoms with E-state index in [0.717, 1.165) is 11.1 Å². The summed E-state index contributed by atoms with van der Waals surface area (Å²) in [5, 5.41) is 0. The quantitative estimate of drug-likeness (QED) is 0.740. The average Bonchev–Trinajstić information content (AvgIpc) is 2.65. The molecular formula is C21H26N2O4S2. The van der Waals surface area contributed by atoms with Crippen molar-refractivity contribution in [3.63, 3.8) is 0 Å². The maximum Gasteiger partial charge on any atom is 0.264 e. The Hall–Kier alpha value is -2.16. The van der Waals surface area contributed by atoms with Crippen molar-refractivity contribution in [1.82, 2.24) is 8.61 Å². The molecule has 0 N–H and O–H groups in total. The van der Waals surface area contributed by atoms with Crippen LogP contribution in [0.25, 0.3) is 0 Å². The van der Waals surface area contributed by atoms with Crippen LogP contribution in [-0.2, 0) is 20.0 Å². The van der Waals surface area contributed by atoms with Crippen molar-refractivity contribution in [2.24, 2.45) is 0 Å². The number of benzene rings is 2. The number of allylic oxidation sites excluding steroid dienone is 1. The molecule has 0 atom stereocenters. The van der Waals surface area contributed by atoms with E-state index in [1.807, 2.05) is 13.8 Å². The van der Waals surface area contributed by atoms with Crippen molar-refractivity contribution in [2.75, 3.05) is 19.6 Å². The number of nitrogens with zero attached hydrogens (tertiary/aromatic N) is 2. The highest BCUT2D eigenvalue weighted by molar-refractivity contribution is 7.89. The van der Waals surface area contributed by atoms with Gasteiger partial charge in [-0.1, -0.05) is 42.0 Å². The minimum atomic E-state index is -3.79. The third-order valence-electron chi connectivity index (χ3n) is 5.05. The Morgan fingerprint density at radius 1 is 0.724 bits per heavy atom. The lowest BCUT2D eigenvalue weighted by atomic mass is 10.2. The summed E-state index contributed by atoms with van der Waals surface area (Å²) in [5.74, 6) is 0. The first-order chi connectivity index (χ1) is 13.6. The first kappa shape index (κ1) is 21.5. The highest BCUT2D eigenvalue weighted by atomic mass is 32.2. The van der Waals surface area contributed by atoms with Crippen LogP contribution in [0.15, 0.2) is 70.6 Å². The third-order valence-corrected chi connectivity index (χ3v) is 8.85. The van der Waals surface area contributed by atoms with E-state index < -0.39 is 20.0 Å². The molecular weight excluding hydrogens is 408 g/mol. The van der Waals surface area contributed by atoms with Gasteiger partial charge in [-0.25, -0.2) is 16.8 Å². The van der Waals surface area contributed by atoms with E-state index >= 15 is 0 Å². The summed E-state index contributed by atoms with van der Waals surface area (Å²) in [6.07, 6.45) is 0.912. The lowest BCUT2D eigenvalue weighted by Crippen LogP contribution is -2.43. The SMILES string of the molecule is C=C1CCCN(S(=O)(=O)c2ccc(C)cc2)CCN1S(=O)(=O)c1ccc(C)cc1. The summed E-state index contributed by atoms with van der Waals surface area (Å²) in [7, 11) is -7.49. The summed E-state index contributed by atoms with van der Waals surface area (Å²) in [5.41, 5.74) is 2.42. The van der Waals surface area contributed by atoms with E-state index in [-0.39, 0.29) is 22.9 Å². The molecule has 3 rings (SSSR count). The van der Waals surface area contributed by atoms with E-state index in [4.69, 9.17) is 0 Å². The van der Waals surface area contributed by atoms with Crippen molar-refractivity contribution in [3.8, 4) is 0 Å². The van der Waals surface area contributed by atoms with Crippen molar-refractivity contribution < 1.29 is 16.8 Å². The second-order valence-corrected chi connectivity index (χ2v) is 11.1. The zero-order valence-corrected chi connectivity index (χ0v) is 18.3. The van der Waals surface area contributed by atoms with Gasteiger partial charge in [-0.05, 0) is 51.0 Å². The zero-order valence-electron chi connectivity index (χ0n) is 16.7. The molecule has 2 aromatic rings. The Kier molecular flexibility index (Phi) is 6.16. The van der Waals surface area contributed by atoms with Crippen LogP contribution in [0.3, 0.4) is 0 Å². The van der Waals surface area contributed by atoms with Gasteiger partial charge in [-0.15, -0.1) is 0 Å². The maximum atomic E-state index is 13.1. The van der Waals surface area contributed by atoms with Gasteiger partial charge in [0.25, 0.3) is 10.0 Å². The summed E-state index contributed by atoms with van der Waals surface area (Å²) in [4.78, 5) is 0.396. The highest BCUT2D eigenvalue weighted by Gasteiger charge is 2.31. The Labute approximate surface area is 173 Å². The molecule has 0 unspecified atom stereocenters. The summed E-state index contributed by atoms with van der Waals surface area (Å²) < 4.78 is 55.0. The minimum absolute atomic E-state index is 0.0279. The number of hydrogen-bond acceptors (Lipinski definition) is 4. The molecule has 0 radical (unpaired) electrons. The molecule has 1 fully saturated rings. The monoisotopic (exact) mass is 434 g/mol. The molecule has 29 heavy (non-hydrogen) atoms. The molecule has 1 aliphatic rings. The van der Waals surface area contributed by atoms with Gasteiger partial charge in [0.2, 0.25) is 10.0 Å². The van der Waals surface area contributed by atoms with Crippen molar-refractivity contribution >= 4 is 20.0 Å². The lowest BCUT2D eigenvalue weighted by molar-refractivity contribution is 0.338. The standard InChI is InChI=1S/C21H26N2O4S2/c1-17-6-10-20(11-7-17)28(24,25)22-14-4-5-19(3)23(16-15-22)29(26,27)21-12-8-18(2)9-13-21/h6-13H,3-5,14-16H2,1-2H3. The Balaban J connectivity index is 1.87. The molecule has 2 aromatic carbocycles. The number of aryl methyl sites for hydroxylation is 2. The fourth-order valence-electron chi connectivity index (χ4n) is 3.28. The van der Waals surface area contributed by atoms with Crippen molar-refractivity contribution in [1.29, 1.82) is 0 Å². The van der Waals surface area contributed by atoms with Gasteiger partial charge in [0.05, 0.1) is 9.79 Å². The molecule has 1 aliphatic heterocycles. The first-order valence-corrected chi connectivity index (χ1v) is 12.3. The fraction of sp³-hybridized carbons (Fsp3) is 0.333. The van der Waals surface area contributed by atoms with E-state index in [2.05, 4.69) is 6.58 Å². The van der Waals surface area contributed by atoms with Crippen molar-refractivity contribution in [3.05, 3.63) is 71.9 Å². The van der Waals surface area contributed by atoms with Crippen LogP contribution in [0, 0.1) is 13.8 Å². The maximum absolute atomic E-state index is 13.1. The van der Waals surface area contributed by atoms with Crippen LogP contribution in [0.2, 0.25) is 0 Å². The van der Waals surface area contributed by atoms with Gasteiger partial charge < -0.3 is 0 Å². The summed E-state index contributed by atoms with van der Waals surface area (Å²) in [6, 6.07) is 13.3. The van der Waals surface area contributed by atoms with Crippen LogP contribution in [0.4, 0.5) is 0 Å². The Morgan fingerprint density at radius 3 is 1.72 bits per heavy atom. The second-order valence-electron chi connectivity index (χ2n) is 7.28. The van der Waals surface area contributed by atoms with Gasteiger partial charge in [0.1, 0.15) is 0 Å². The van der Waals surface area contributed by atoms with E-state index in [9.17, 15) is 16.8 Å². The molecule has 0 amide bonds. The molecule has 0 bridgehead atoms. The topological polar surface area (TPSA) is 74.8 Å².